The number of nitriles is 1. The highest BCUT2D eigenvalue weighted by molar-refractivity contribution is 8.15. The topological polar surface area (TPSA) is 110 Å². The smallest absolute Gasteiger partial charge is 0.204 e. The first-order valence-electron chi connectivity index (χ1n) is 6.38. The van der Waals surface area contributed by atoms with Crippen LogP contribution in [0.25, 0.3) is 0 Å². The first kappa shape index (κ1) is 19.7. The average Bonchev–Trinajstić information content (AvgIpc) is 2.52. The summed E-state index contributed by atoms with van der Waals surface area (Å²) < 4.78 is 41.6. The molecule has 2 N–H and O–H groups in total. The quantitative estimate of drug-likeness (QED) is 0.338. The number of Topliss-reactive ketones (excluding diaryl/α,β-unsaturated/α-hetero) is 1. The number of ether oxygens (including phenoxy) is 1. The second-order valence-electron chi connectivity index (χ2n) is 4.70. The third kappa shape index (κ3) is 5.11. The molecular weight excluding hydrogens is 355 g/mol. The molecule has 0 amide bonds. The van der Waals surface area contributed by atoms with Crippen molar-refractivity contribution in [3.63, 3.8) is 0 Å². The number of benzene rings is 1. The second-order valence-corrected chi connectivity index (χ2v) is 8.19. The highest BCUT2D eigenvalue weighted by Crippen LogP contribution is 2.28. The highest BCUT2D eigenvalue weighted by atomic mass is 32.3. The van der Waals surface area contributed by atoms with Gasteiger partial charge in [-0.25, -0.2) is 12.8 Å². The average molecular weight is 370 g/mol. The van der Waals surface area contributed by atoms with E-state index in [-0.39, 0.29) is 27.5 Å². The molecule has 0 spiro atoms. The van der Waals surface area contributed by atoms with Crippen molar-refractivity contribution in [1.29, 1.82) is 5.26 Å². The Labute approximate surface area is 143 Å². The molecular formula is C15H15FN2O4S2. The molecule has 9 heteroatoms. The van der Waals surface area contributed by atoms with Gasteiger partial charge >= 0.3 is 0 Å². The van der Waals surface area contributed by atoms with Crippen LogP contribution in [0.2, 0.25) is 0 Å². The van der Waals surface area contributed by atoms with Crippen LogP contribution in [0.1, 0.15) is 10.4 Å². The second kappa shape index (κ2) is 7.99. The zero-order chi connectivity index (χ0) is 18.5. The van der Waals surface area contributed by atoms with E-state index in [1.165, 1.54) is 19.2 Å². The summed E-state index contributed by atoms with van der Waals surface area (Å²) in [5.74, 6) is -1.47. The summed E-state index contributed by atoms with van der Waals surface area (Å²) in [6.45, 7) is 3.39. The molecule has 0 bridgehead atoms. The number of methoxy groups -OCH3 is 1. The first-order chi connectivity index (χ1) is 11.1. The minimum absolute atomic E-state index is 0.215. The number of sulfone groups is 1. The molecule has 0 aliphatic heterocycles. The Morgan fingerprint density at radius 1 is 1.50 bits per heavy atom. The number of nitrogens with zero attached hydrogens (tertiary/aromatic N) is 1. The first-order valence-corrected chi connectivity index (χ1v) is 9.43. The maximum absolute atomic E-state index is 14.1. The van der Waals surface area contributed by atoms with E-state index in [0.717, 1.165) is 12.3 Å². The number of allylic oxidation sites excluding steroid dienone is 2. The van der Waals surface area contributed by atoms with E-state index in [9.17, 15) is 17.6 Å². The molecule has 128 valence electrons. The van der Waals surface area contributed by atoms with Crippen LogP contribution in [0.4, 0.5) is 4.39 Å². The van der Waals surface area contributed by atoms with Gasteiger partial charge in [0.2, 0.25) is 5.78 Å². The summed E-state index contributed by atoms with van der Waals surface area (Å²) in [7, 11) is -2.08. The van der Waals surface area contributed by atoms with Gasteiger partial charge in [-0.2, -0.15) is 5.26 Å². The summed E-state index contributed by atoms with van der Waals surface area (Å²) in [6.07, 6.45) is 0.978. The fourth-order valence-electron chi connectivity index (χ4n) is 1.56. The van der Waals surface area contributed by atoms with Gasteiger partial charge in [0.1, 0.15) is 22.7 Å². The largest absolute Gasteiger partial charge is 0.497 e. The van der Waals surface area contributed by atoms with Gasteiger partial charge in [0.15, 0.2) is 9.84 Å². The lowest BCUT2D eigenvalue weighted by atomic mass is 10.1. The Morgan fingerprint density at radius 3 is 2.58 bits per heavy atom. The van der Waals surface area contributed by atoms with Gasteiger partial charge in [-0.15, -0.1) is 11.8 Å². The fraction of sp³-hybridized carbons (Fsp3) is 0.200. The summed E-state index contributed by atoms with van der Waals surface area (Å²) in [6, 6.07) is 5.26. The lowest BCUT2D eigenvalue weighted by Gasteiger charge is -2.11. The predicted octanol–water partition coefficient (Wildman–Crippen LogP) is 2.00. The third-order valence-electron chi connectivity index (χ3n) is 2.75. The molecule has 0 radical (unpaired) electrons. The minimum Gasteiger partial charge on any atom is -0.497 e. The van der Waals surface area contributed by atoms with Crippen LogP contribution in [-0.2, 0) is 9.84 Å². The van der Waals surface area contributed by atoms with E-state index < -0.39 is 26.5 Å². The number of ketones is 1. The van der Waals surface area contributed by atoms with Crippen molar-refractivity contribution in [3.05, 3.63) is 52.3 Å². The van der Waals surface area contributed by atoms with E-state index in [1.807, 2.05) is 0 Å². The minimum atomic E-state index is -3.43. The number of carbonyl (C=O) groups excluding carboxylic acids is 1. The van der Waals surface area contributed by atoms with Crippen molar-refractivity contribution in [2.45, 2.75) is 0 Å². The number of carbonyl (C=O) groups is 1. The molecule has 0 heterocycles. The number of rotatable bonds is 7. The van der Waals surface area contributed by atoms with Crippen LogP contribution in [0.15, 0.2) is 41.0 Å². The molecule has 0 saturated heterocycles. The van der Waals surface area contributed by atoms with Crippen molar-refractivity contribution in [1.82, 2.24) is 0 Å². The zero-order valence-electron chi connectivity index (χ0n) is 13.0. The molecule has 0 aliphatic carbocycles. The molecule has 1 aromatic rings. The van der Waals surface area contributed by atoms with E-state index in [1.54, 1.807) is 6.07 Å². The van der Waals surface area contributed by atoms with E-state index >= 15 is 0 Å². The van der Waals surface area contributed by atoms with Gasteiger partial charge < -0.3 is 10.5 Å². The zero-order valence-corrected chi connectivity index (χ0v) is 14.6. The van der Waals surface area contributed by atoms with Crippen molar-refractivity contribution < 1.29 is 22.3 Å². The highest BCUT2D eigenvalue weighted by Gasteiger charge is 2.23. The fourth-order valence-corrected chi connectivity index (χ4v) is 3.41. The Kier molecular flexibility index (Phi) is 6.57. The molecule has 0 aromatic heterocycles. The number of nitrogens with two attached hydrogens (primary N) is 1. The third-order valence-corrected chi connectivity index (χ3v) is 5.63. The van der Waals surface area contributed by atoms with Gasteiger partial charge in [0, 0.05) is 12.3 Å². The molecule has 1 aromatic carbocycles. The van der Waals surface area contributed by atoms with E-state index in [4.69, 9.17) is 15.7 Å². The molecule has 24 heavy (non-hydrogen) atoms. The van der Waals surface area contributed by atoms with Gasteiger partial charge in [0.05, 0.1) is 28.8 Å². The van der Waals surface area contributed by atoms with Gasteiger partial charge in [-0.3, -0.25) is 4.79 Å². The van der Waals surface area contributed by atoms with Gasteiger partial charge in [0.25, 0.3) is 0 Å². The summed E-state index contributed by atoms with van der Waals surface area (Å²) in [5, 5.41) is 8.41. The lowest BCUT2D eigenvalue weighted by Crippen LogP contribution is -2.14. The van der Waals surface area contributed by atoms with Crippen molar-refractivity contribution in [3.8, 4) is 11.8 Å². The number of hydrogen-bond donors (Lipinski definition) is 1. The Morgan fingerprint density at radius 2 is 2.12 bits per heavy atom. The Hall–Kier alpha value is -2.31. The number of halogens is 1. The van der Waals surface area contributed by atoms with Crippen molar-refractivity contribution in [2.75, 3.05) is 18.5 Å². The SMILES string of the molecule is C=C(C#N)/C(N)=C(\SCS(C)(=O)=O)C(=O)c1ccc(OC)cc1F. The Bertz CT molecular complexity index is 855. The number of thioether (sulfide) groups is 1. The molecule has 0 fully saturated rings. The standard InChI is InChI=1S/C15H15FN2O4S2/c1-9(7-17)13(18)15(23-8-24(3,20)21)14(19)11-5-4-10(22-2)6-12(11)16/h4-6H,1,8,18H2,2-3H3/b15-13+. The molecule has 6 nitrogen and oxygen atoms in total. The van der Waals surface area contributed by atoms with Crippen LogP contribution in [0.5, 0.6) is 5.75 Å². The van der Waals surface area contributed by atoms with Crippen LogP contribution in [-0.4, -0.2) is 32.7 Å². The maximum atomic E-state index is 14.1. The van der Waals surface area contributed by atoms with Crippen LogP contribution >= 0.6 is 11.8 Å². The molecule has 1 rings (SSSR count). The van der Waals surface area contributed by atoms with Crippen LogP contribution in [0, 0.1) is 17.1 Å². The van der Waals surface area contributed by atoms with Crippen LogP contribution < -0.4 is 10.5 Å². The van der Waals surface area contributed by atoms with Crippen LogP contribution in [0.3, 0.4) is 0 Å². The van der Waals surface area contributed by atoms with E-state index in [0.29, 0.717) is 11.8 Å². The lowest BCUT2D eigenvalue weighted by molar-refractivity contribution is 0.103. The van der Waals surface area contributed by atoms with Crippen molar-refractivity contribution in [2.24, 2.45) is 5.73 Å². The van der Waals surface area contributed by atoms with E-state index in [2.05, 4.69) is 6.58 Å². The van der Waals surface area contributed by atoms with Gasteiger partial charge in [-0.1, -0.05) is 6.58 Å². The Balaban J connectivity index is 3.36. The van der Waals surface area contributed by atoms with Gasteiger partial charge in [-0.05, 0) is 12.1 Å². The monoisotopic (exact) mass is 370 g/mol. The molecule has 0 unspecified atom stereocenters. The normalized spacial score (nSPS) is 12.1. The molecule has 0 aliphatic rings. The van der Waals surface area contributed by atoms with Crippen molar-refractivity contribution >= 4 is 27.4 Å². The maximum Gasteiger partial charge on any atom is 0.204 e. The summed E-state index contributed by atoms with van der Waals surface area (Å²) in [4.78, 5) is 12.3. The summed E-state index contributed by atoms with van der Waals surface area (Å²) >= 11 is 0.609. The predicted molar refractivity (Wildman–Crippen MR) is 90.6 cm³/mol. The molecule has 0 saturated carbocycles. The number of hydrogen-bond acceptors (Lipinski definition) is 7. The molecule has 0 atom stereocenters. The summed E-state index contributed by atoms with van der Waals surface area (Å²) in [5.41, 5.74) is 4.90.